The molecule has 102 valence electrons. The average Bonchev–Trinajstić information content (AvgIpc) is 2.40. The first-order chi connectivity index (χ1) is 8.66. The highest BCUT2D eigenvalue weighted by Crippen LogP contribution is 2.04. The van der Waals surface area contributed by atoms with Crippen molar-refractivity contribution in [2.75, 3.05) is 59.0 Å². The first-order valence-electron chi connectivity index (χ1n) is 6.29. The lowest BCUT2D eigenvalue weighted by Crippen LogP contribution is -2.53. The van der Waals surface area contributed by atoms with Gasteiger partial charge in [0.25, 0.3) is 0 Å². The number of hydrogen-bond acceptors (Lipinski definition) is 4. The van der Waals surface area contributed by atoms with Crippen LogP contribution in [0, 0.1) is 0 Å². The van der Waals surface area contributed by atoms with E-state index in [9.17, 15) is 9.59 Å². The van der Waals surface area contributed by atoms with Crippen LogP contribution in [0.4, 0.5) is 4.79 Å². The number of ether oxygens (including phenoxy) is 1. The summed E-state index contributed by atoms with van der Waals surface area (Å²) in [5.74, 6) is 0.144. The van der Waals surface area contributed by atoms with E-state index >= 15 is 0 Å². The quantitative estimate of drug-likeness (QED) is 0.655. The van der Waals surface area contributed by atoms with Gasteiger partial charge in [0.15, 0.2) is 0 Å². The summed E-state index contributed by atoms with van der Waals surface area (Å²) in [6.45, 7) is 5.66. The number of hydrogen-bond donors (Lipinski definition) is 1. The largest absolute Gasteiger partial charge is 0.378 e. The summed E-state index contributed by atoms with van der Waals surface area (Å²) in [6, 6.07) is -0.380. The van der Waals surface area contributed by atoms with Crippen LogP contribution >= 0.6 is 0 Å². The van der Waals surface area contributed by atoms with E-state index in [4.69, 9.17) is 10.5 Å². The Hall–Kier alpha value is -1.34. The van der Waals surface area contributed by atoms with Gasteiger partial charge in [-0.05, 0) is 0 Å². The molecule has 0 bridgehead atoms. The number of rotatable bonds is 2. The van der Waals surface area contributed by atoms with E-state index in [0.717, 1.165) is 0 Å². The Balaban J connectivity index is 1.73. The van der Waals surface area contributed by atoms with Crippen molar-refractivity contribution in [2.45, 2.75) is 0 Å². The van der Waals surface area contributed by atoms with Gasteiger partial charge in [0.05, 0.1) is 19.8 Å². The van der Waals surface area contributed by atoms with E-state index in [-0.39, 0.29) is 11.9 Å². The molecule has 7 heteroatoms. The molecule has 2 aliphatic rings. The Bertz CT molecular complexity index is 309. The van der Waals surface area contributed by atoms with Crippen LogP contribution in [-0.2, 0) is 9.53 Å². The normalized spacial score (nSPS) is 22.0. The van der Waals surface area contributed by atoms with Crippen molar-refractivity contribution in [1.29, 1.82) is 0 Å². The fourth-order valence-electron chi connectivity index (χ4n) is 2.23. The van der Waals surface area contributed by atoms with Crippen LogP contribution in [0.5, 0.6) is 0 Å². The summed E-state index contributed by atoms with van der Waals surface area (Å²) in [4.78, 5) is 28.5. The van der Waals surface area contributed by atoms with Gasteiger partial charge >= 0.3 is 6.03 Å². The van der Waals surface area contributed by atoms with Crippen molar-refractivity contribution in [3.63, 3.8) is 0 Å². The van der Waals surface area contributed by atoms with Crippen LogP contribution in [0.3, 0.4) is 0 Å². The number of carbonyl (C=O) groups is 2. The molecule has 0 aromatic carbocycles. The van der Waals surface area contributed by atoms with Crippen molar-refractivity contribution in [2.24, 2.45) is 5.73 Å². The maximum absolute atomic E-state index is 12.0. The molecule has 3 amide bonds. The molecular weight excluding hydrogens is 236 g/mol. The molecule has 0 aliphatic carbocycles. The second-order valence-corrected chi connectivity index (χ2v) is 4.59. The van der Waals surface area contributed by atoms with E-state index in [1.54, 1.807) is 4.90 Å². The maximum atomic E-state index is 12.0. The van der Waals surface area contributed by atoms with Gasteiger partial charge in [-0.1, -0.05) is 0 Å². The van der Waals surface area contributed by atoms with Crippen LogP contribution in [0.15, 0.2) is 0 Å². The lowest BCUT2D eigenvalue weighted by Gasteiger charge is -2.35. The summed E-state index contributed by atoms with van der Waals surface area (Å²) >= 11 is 0. The predicted octanol–water partition coefficient (Wildman–Crippen LogP) is -1.46. The topological polar surface area (TPSA) is 79.1 Å². The molecule has 2 saturated heterocycles. The summed E-state index contributed by atoms with van der Waals surface area (Å²) in [5, 5.41) is 0. The second-order valence-electron chi connectivity index (χ2n) is 4.59. The Labute approximate surface area is 106 Å². The molecule has 7 nitrogen and oxygen atoms in total. The van der Waals surface area contributed by atoms with E-state index in [1.807, 2.05) is 4.90 Å². The van der Waals surface area contributed by atoms with Crippen molar-refractivity contribution in [1.82, 2.24) is 14.7 Å². The lowest BCUT2D eigenvalue weighted by atomic mass is 10.3. The van der Waals surface area contributed by atoms with Crippen molar-refractivity contribution in [3.8, 4) is 0 Å². The number of nitrogens with zero attached hydrogens (tertiary/aromatic N) is 3. The molecule has 0 aromatic rings. The van der Waals surface area contributed by atoms with Crippen LogP contribution < -0.4 is 5.73 Å². The van der Waals surface area contributed by atoms with E-state index in [2.05, 4.69) is 4.90 Å². The molecule has 0 saturated carbocycles. The molecular formula is C11H20N4O3. The lowest BCUT2D eigenvalue weighted by molar-refractivity contribution is -0.136. The van der Waals surface area contributed by atoms with Gasteiger partial charge in [-0.2, -0.15) is 0 Å². The third-order valence-electron chi connectivity index (χ3n) is 3.41. The number of piperazine rings is 1. The molecule has 2 heterocycles. The number of primary amides is 1. The summed E-state index contributed by atoms with van der Waals surface area (Å²) < 4.78 is 5.21. The Morgan fingerprint density at radius 3 is 2.11 bits per heavy atom. The molecule has 2 N–H and O–H groups in total. The monoisotopic (exact) mass is 256 g/mol. The smallest absolute Gasteiger partial charge is 0.314 e. The number of amides is 3. The minimum atomic E-state index is -0.380. The summed E-state index contributed by atoms with van der Waals surface area (Å²) in [6.07, 6.45) is 0. The Morgan fingerprint density at radius 1 is 0.944 bits per heavy atom. The Morgan fingerprint density at radius 2 is 1.56 bits per heavy atom. The van der Waals surface area contributed by atoms with Crippen LogP contribution in [0.2, 0.25) is 0 Å². The van der Waals surface area contributed by atoms with Crippen LogP contribution in [0.1, 0.15) is 0 Å². The zero-order valence-corrected chi connectivity index (χ0v) is 10.5. The fraction of sp³-hybridized carbons (Fsp3) is 0.818. The van der Waals surface area contributed by atoms with Gasteiger partial charge < -0.3 is 20.3 Å². The third kappa shape index (κ3) is 3.33. The first kappa shape index (κ1) is 13.1. The molecule has 2 aliphatic heterocycles. The van der Waals surface area contributed by atoms with Gasteiger partial charge in [-0.15, -0.1) is 0 Å². The SMILES string of the molecule is NC(=O)N1CCN(CC(=O)N2CCOCC2)CC1. The maximum Gasteiger partial charge on any atom is 0.314 e. The minimum Gasteiger partial charge on any atom is -0.378 e. The van der Waals surface area contributed by atoms with Gasteiger partial charge in [-0.25, -0.2) is 4.79 Å². The minimum absolute atomic E-state index is 0.144. The number of morpholine rings is 1. The van der Waals surface area contributed by atoms with E-state index < -0.39 is 0 Å². The Kier molecular flexibility index (Phi) is 4.38. The number of nitrogens with two attached hydrogens (primary N) is 1. The molecule has 18 heavy (non-hydrogen) atoms. The van der Waals surface area contributed by atoms with Gasteiger partial charge in [-0.3, -0.25) is 9.69 Å². The standard InChI is InChI=1S/C11H20N4O3/c12-11(17)15-3-1-13(2-4-15)9-10(16)14-5-7-18-8-6-14/h1-9H2,(H2,12,17). The zero-order valence-electron chi connectivity index (χ0n) is 10.5. The van der Waals surface area contributed by atoms with Gasteiger partial charge in [0.1, 0.15) is 0 Å². The van der Waals surface area contributed by atoms with Crippen molar-refractivity contribution < 1.29 is 14.3 Å². The molecule has 2 fully saturated rings. The van der Waals surface area contributed by atoms with Crippen molar-refractivity contribution >= 4 is 11.9 Å². The molecule has 0 radical (unpaired) electrons. The molecule has 0 spiro atoms. The third-order valence-corrected chi connectivity index (χ3v) is 3.41. The fourth-order valence-corrected chi connectivity index (χ4v) is 2.23. The molecule has 2 rings (SSSR count). The zero-order chi connectivity index (χ0) is 13.0. The number of urea groups is 1. The van der Waals surface area contributed by atoms with E-state index in [0.29, 0.717) is 59.0 Å². The highest BCUT2D eigenvalue weighted by Gasteiger charge is 2.23. The van der Waals surface area contributed by atoms with E-state index in [1.165, 1.54) is 0 Å². The average molecular weight is 256 g/mol. The van der Waals surface area contributed by atoms with Gasteiger partial charge in [0, 0.05) is 39.3 Å². The number of carbonyl (C=O) groups excluding carboxylic acids is 2. The highest BCUT2D eigenvalue weighted by molar-refractivity contribution is 5.78. The molecule has 0 unspecified atom stereocenters. The molecule has 0 atom stereocenters. The van der Waals surface area contributed by atoms with Crippen LogP contribution in [-0.4, -0.2) is 85.7 Å². The van der Waals surface area contributed by atoms with Crippen molar-refractivity contribution in [3.05, 3.63) is 0 Å². The summed E-state index contributed by atoms with van der Waals surface area (Å²) in [7, 11) is 0. The van der Waals surface area contributed by atoms with Gasteiger partial charge in [0.2, 0.25) is 5.91 Å². The predicted molar refractivity (Wildman–Crippen MR) is 65.0 cm³/mol. The van der Waals surface area contributed by atoms with Crippen LogP contribution in [0.25, 0.3) is 0 Å². The second kappa shape index (κ2) is 6.01. The molecule has 0 aromatic heterocycles. The highest BCUT2D eigenvalue weighted by atomic mass is 16.5. The summed E-state index contributed by atoms with van der Waals surface area (Å²) in [5.41, 5.74) is 5.21. The first-order valence-corrected chi connectivity index (χ1v) is 6.29.